The summed E-state index contributed by atoms with van der Waals surface area (Å²) in [4.78, 5) is 38.1. The van der Waals surface area contributed by atoms with Crippen LogP contribution < -0.4 is 33.6 Å². The summed E-state index contributed by atoms with van der Waals surface area (Å²) in [6, 6.07) is -0.375. The molecule has 11 heteroatoms. The lowest BCUT2D eigenvalue weighted by Gasteiger charge is -2.25. The average molecular weight is 488 g/mol. The van der Waals surface area contributed by atoms with Gasteiger partial charge in [-0.3, -0.25) is 9.59 Å². The first kappa shape index (κ1) is 32.0. The third-order valence-corrected chi connectivity index (χ3v) is 5.45. The van der Waals surface area contributed by atoms with Crippen LogP contribution in [0.5, 0.6) is 0 Å². The lowest BCUT2D eigenvalue weighted by atomic mass is 10.1. The molecule has 0 heterocycles. The predicted octanol–water partition coefficient (Wildman–Crippen LogP) is 0.152. The molecule has 0 rings (SSSR count). The van der Waals surface area contributed by atoms with Crippen molar-refractivity contribution in [2.24, 2.45) is 22.9 Å². The van der Waals surface area contributed by atoms with Gasteiger partial charge in [0.15, 0.2) is 0 Å². The Morgan fingerprint density at radius 1 is 0.794 bits per heavy atom. The van der Waals surface area contributed by atoms with Crippen LogP contribution in [0.3, 0.4) is 0 Å². The molecule has 0 spiro atoms. The first-order valence-electron chi connectivity index (χ1n) is 12.7. The summed E-state index contributed by atoms with van der Waals surface area (Å²) in [5, 5.41) is 6.04. The summed E-state index contributed by atoms with van der Waals surface area (Å²) in [5.41, 5.74) is 21.6. The molecule has 0 saturated heterocycles. The Bertz CT molecular complexity index is 537. The van der Waals surface area contributed by atoms with E-state index in [1.54, 1.807) is 4.90 Å². The summed E-state index contributed by atoms with van der Waals surface area (Å²) < 4.78 is 4.88. The zero-order chi connectivity index (χ0) is 25.4. The minimum Gasteiger partial charge on any atom is -0.448 e. The number of ether oxygens (including phenoxy) is 1. The zero-order valence-corrected chi connectivity index (χ0v) is 20.9. The number of carbonyl (C=O) groups excluding carboxylic acids is 3. The number of hydrogen-bond donors (Lipinski definition) is 6. The smallest absolute Gasteiger partial charge is 0.404 e. The van der Waals surface area contributed by atoms with Gasteiger partial charge in [-0.05, 0) is 64.7 Å². The van der Waals surface area contributed by atoms with E-state index in [-0.39, 0.29) is 37.6 Å². The molecule has 11 nitrogen and oxygen atoms in total. The van der Waals surface area contributed by atoms with Crippen LogP contribution in [0, 0.1) is 0 Å². The van der Waals surface area contributed by atoms with E-state index in [1.165, 1.54) is 0 Å². The Balaban J connectivity index is 4.75. The number of rotatable bonds is 23. The minimum atomic E-state index is -0.887. The van der Waals surface area contributed by atoms with Crippen LogP contribution in [0.25, 0.3) is 0 Å². The lowest BCUT2D eigenvalue weighted by Crippen LogP contribution is -2.48. The van der Waals surface area contributed by atoms with Gasteiger partial charge in [0.05, 0.1) is 19.1 Å². The Morgan fingerprint density at radius 3 is 2.03 bits per heavy atom. The van der Waals surface area contributed by atoms with Crippen LogP contribution in [0.2, 0.25) is 0 Å². The largest absolute Gasteiger partial charge is 0.448 e. The number of unbranched alkanes of at least 4 members (excludes halogenated alkanes) is 7. The Labute approximate surface area is 205 Å². The molecule has 0 bridgehead atoms. The van der Waals surface area contributed by atoms with Crippen molar-refractivity contribution in [1.82, 2.24) is 15.5 Å². The van der Waals surface area contributed by atoms with Gasteiger partial charge in [0, 0.05) is 6.54 Å². The van der Waals surface area contributed by atoms with E-state index >= 15 is 0 Å². The second kappa shape index (κ2) is 22.8. The molecular formula is C23H49N7O4. The van der Waals surface area contributed by atoms with Gasteiger partial charge in [-0.25, -0.2) is 4.79 Å². The minimum absolute atomic E-state index is 0.00884. The van der Waals surface area contributed by atoms with Crippen molar-refractivity contribution in [3.05, 3.63) is 0 Å². The van der Waals surface area contributed by atoms with Crippen molar-refractivity contribution < 1.29 is 19.1 Å². The van der Waals surface area contributed by atoms with Crippen molar-refractivity contribution >= 4 is 17.9 Å². The van der Waals surface area contributed by atoms with Crippen LogP contribution in [-0.2, 0) is 14.3 Å². The van der Waals surface area contributed by atoms with E-state index in [1.807, 2.05) is 0 Å². The summed E-state index contributed by atoms with van der Waals surface area (Å²) in [6.45, 7) is 3.29. The highest BCUT2D eigenvalue weighted by Gasteiger charge is 2.20. The number of nitrogens with zero attached hydrogens (tertiary/aromatic N) is 1. The molecule has 0 unspecified atom stereocenters. The van der Waals surface area contributed by atoms with Gasteiger partial charge >= 0.3 is 6.09 Å². The van der Waals surface area contributed by atoms with Crippen LogP contribution in [0.1, 0.15) is 70.6 Å². The molecule has 0 aliphatic heterocycles. The average Bonchev–Trinajstić information content (AvgIpc) is 2.81. The molecule has 34 heavy (non-hydrogen) atoms. The van der Waals surface area contributed by atoms with Gasteiger partial charge in [0.2, 0.25) is 11.8 Å². The molecule has 0 aliphatic rings. The third kappa shape index (κ3) is 19.5. The molecule has 0 aromatic carbocycles. The van der Waals surface area contributed by atoms with Gasteiger partial charge < -0.3 is 43.2 Å². The van der Waals surface area contributed by atoms with Crippen LogP contribution in [0.15, 0.2) is 0 Å². The van der Waals surface area contributed by atoms with Gasteiger partial charge in [-0.2, -0.15) is 0 Å². The van der Waals surface area contributed by atoms with Crippen molar-refractivity contribution in [3.63, 3.8) is 0 Å². The molecular weight excluding hydrogens is 438 g/mol. The molecule has 3 amide bonds. The van der Waals surface area contributed by atoms with Crippen molar-refractivity contribution in [2.75, 3.05) is 52.4 Å². The highest BCUT2D eigenvalue weighted by atomic mass is 16.5. The highest BCUT2D eigenvalue weighted by Crippen LogP contribution is 2.06. The van der Waals surface area contributed by atoms with Gasteiger partial charge in [0.1, 0.15) is 6.61 Å². The molecule has 0 aromatic heterocycles. The SMILES string of the molecule is NCCCCCCCN(CC(=O)N[C@@H](CCCCN)COC(N)=O)C(=O)CNCCCCCN. The fraction of sp³-hybridized carbons (Fsp3) is 0.870. The maximum absolute atomic E-state index is 12.8. The number of primary amides is 1. The van der Waals surface area contributed by atoms with E-state index in [2.05, 4.69) is 10.6 Å². The summed E-state index contributed by atoms with van der Waals surface area (Å²) in [7, 11) is 0. The molecule has 0 aliphatic carbocycles. The van der Waals surface area contributed by atoms with E-state index in [0.717, 1.165) is 70.8 Å². The molecule has 10 N–H and O–H groups in total. The molecule has 200 valence electrons. The summed E-state index contributed by atoms with van der Waals surface area (Å²) in [5.74, 6) is -0.394. The first-order chi connectivity index (χ1) is 16.4. The fourth-order valence-electron chi connectivity index (χ4n) is 3.51. The number of amides is 3. The molecule has 0 radical (unpaired) electrons. The lowest BCUT2D eigenvalue weighted by molar-refractivity contribution is -0.135. The Morgan fingerprint density at radius 2 is 1.38 bits per heavy atom. The maximum Gasteiger partial charge on any atom is 0.404 e. The van der Waals surface area contributed by atoms with E-state index in [9.17, 15) is 14.4 Å². The molecule has 1 atom stereocenters. The van der Waals surface area contributed by atoms with Crippen LogP contribution in [0.4, 0.5) is 4.79 Å². The van der Waals surface area contributed by atoms with E-state index in [0.29, 0.717) is 32.6 Å². The van der Waals surface area contributed by atoms with Crippen molar-refractivity contribution in [3.8, 4) is 0 Å². The monoisotopic (exact) mass is 487 g/mol. The van der Waals surface area contributed by atoms with Gasteiger partial charge in [-0.15, -0.1) is 0 Å². The molecule has 0 aromatic rings. The number of carbonyl (C=O) groups is 3. The Hall–Kier alpha value is -1.95. The zero-order valence-electron chi connectivity index (χ0n) is 20.9. The number of nitrogens with one attached hydrogen (secondary N) is 2. The standard InChI is InChI=1S/C23H49N7O4/c24-12-6-2-1-3-10-16-30(22(32)17-28-15-9-4-7-13-25)18-21(31)29-20(11-5-8-14-26)19-34-23(27)33/h20,28H,1-19,24-26H2,(H2,27,33)(H,29,31)/t20-/m0/s1. The van der Waals surface area contributed by atoms with Crippen molar-refractivity contribution in [1.29, 1.82) is 0 Å². The van der Waals surface area contributed by atoms with Gasteiger partial charge in [-0.1, -0.05) is 32.1 Å². The van der Waals surface area contributed by atoms with Crippen molar-refractivity contribution in [2.45, 2.75) is 76.7 Å². The number of hydrogen-bond acceptors (Lipinski definition) is 8. The summed E-state index contributed by atoms with van der Waals surface area (Å²) >= 11 is 0. The topological polar surface area (TPSA) is 192 Å². The molecule has 0 fully saturated rings. The van der Waals surface area contributed by atoms with E-state index < -0.39 is 6.09 Å². The van der Waals surface area contributed by atoms with Crippen LogP contribution >= 0.6 is 0 Å². The van der Waals surface area contributed by atoms with Crippen LogP contribution in [-0.4, -0.2) is 81.3 Å². The normalized spacial score (nSPS) is 11.7. The Kier molecular flexibility index (Phi) is 21.5. The first-order valence-corrected chi connectivity index (χ1v) is 12.7. The summed E-state index contributed by atoms with van der Waals surface area (Å²) in [6.07, 6.45) is 9.17. The van der Waals surface area contributed by atoms with Gasteiger partial charge in [0.25, 0.3) is 0 Å². The second-order valence-corrected chi connectivity index (χ2v) is 8.58. The third-order valence-electron chi connectivity index (χ3n) is 5.45. The maximum atomic E-state index is 12.8. The van der Waals surface area contributed by atoms with E-state index in [4.69, 9.17) is 27.7 Å². The second-order valence-electron chi connectivity index (χ2n) is 8.58. The molecule has 0 saturated carbocycles. The quantitative estimate of drug-likeness (QED) is 0.110. The predicted molar refractivity (Wildman–Crippen MR) is 135 cm³/mol. The highest BCUT2D eigenvalue weighted by molar-refractivity contribution is 5.85. The number of nitrogens with two attached hydrogens (primary N) is 4. The fourth-order valence-corrected chi connectivity index (χ4v) is 3.51.